The Morgan fingerprint density at radius 3 is 1.08 bits per heavy atom. The lowest BCUT2D eigenvalue weighted by molar-refractivity contribution is -0.870. The summed E-state index contributed by atoms with van der Waals surface area (Å²) < 4.78 is 22.9. The molecule has 0 saturated heterocycles. The molecular weight excluding hydrogens is 983 g/mol. The van der Waals surface area contributed by atoms with E-state index in [0.717, 1.165) is 128 Å². The Morgan fingerprint density at radius 2 is 0.722 bits per heavy atom. The second-order valence-corrected chi connectivity index (χ2v) is 21.3. The molecule has 2 atom stereocenters. The van der Waals surface area contributed by atoms with Gasteiger partial charge in [0.25, 0.3) is 6.29 Å². The zero-order valence-corrected chi connectivity index (χ0v) is 50.7. The van der Waals surface area contributed by atoms with Crippen LogP contribution < -0.4 is 0 Å². The molecule has 0 radical (unpaired) electrons. The molecule has 0 aromatic carbocycles. The van der Waals surface area contributed by atoms with Crippen molar-refractivity contribution >= 4 is 17.9 Å². The zero-order chi connectivity index (χ0) is 57.6. The van der Waals surface area contributed by atoms with Gasteiger partial charge in [0.15, 0.2) is 6.10 Å². The highest BCUT2D eigenvalue weighted by molar-refractivity contribution is 5.71. The Bertz CT molecular complexity index is 1800. The van der Waals surface area contributed by atoms with E-state index in [1.165, 1.54) is 57.8 Å². The highest BCUT2D eigenvalue weighted by Gasteiger charge is 2.25. The first kappa shape index (κ1) is 74.2. The van der Waals surface area contributed by atoms with Crippen LogP contribution in [0.2, 0.25) is 0 Å². The first-order valence-electron chi connectivity index (χ1n) is 31.0. The van der Waals surface area contributed by atoms with Crippen LogP contribution >= 0.6 is 0 Å². The standard InChI is InChI=1S/C70H113NO8/c1-6-8-10-12-14-16-18-20-22-24-26-27-28-29-30-31-32-33-34-35-36-37-38-39-40-41-43-45-47-49-51-53-55-57-59-61-68(73)79-66(65-78-70(69(74)75)76-63-62-71(3,4)5)64-77-67(72)60-58-56-54-52-50-48-46-44-42-25-23-21-19-17-15-13-11-9-7-2/h8,10,14-17,20-23,26-27,29-30,32-33,35-36,38-39,41-44,66,70H,6-7,9,11-13,18-19,24-25,28,31,34,37,40,45-65H2,1-5H3/p+1/b10-8-,16-14-,17-15-,22-20-,23-21-,27-26-,30-29-,33-32-,36-35-,39-38-,43-41-,44-42-. The number of nitrogens with zero attached hydrogens (tertiary/aromatic N) is 1. The van der Waals surface area contributed by atoms with Crippen LogP contribution in [-0.2, 0) is 33.3 Å². The lowest BCUT2D eigenvalue weighted by Gasteiger charge is -2.25. The number of hydrogen-bond donors (Lipinski definition) is 1. The molecule has 79 heavy (non-hydrogen) atoms. The maximum Gasteiger partial charge on any atom is 0.361 e. The summed E-state index contributed by atoms with van der Waals surface area (Å²) in [6, 6.07) is 0. The van der Waals surface area contributed by atoms with E-state index in [-0.39, 0.29) is 38.6 Å². The number of unbranched alkanes of at least 4 members (excludes halogenated alkanes) is 16. The molecule has 0 aliphatic heterocycles. The number of carboxylic acids is 1. The number of ether oxygens (including phenoxy) is 4. The number of allylic oxidation sites excluding steroid dienone is 24. The van der Waals surface area contributed by atoms with Gasteiger partial charge in [-0.3, -0.25) is 9.59 Å². The number of carboxylic acid groups (broad SMARTS) is 1. The number of carbonyl (C=O) groups is 3. The summed E-state index contributed by atoms with van der Waals surface area (Å²) >= 11 is 0. The van der Waals surface area contributed by atoms with Crippen LogP contribution in [0.3, 0.4) is 0 Å². The number of carbonyl (C=O) groups excluding carboxylic acids is 2. The van der Waals surface area contributed by atoms with Crippen molar-refractivity contribution < 1.29 is 42.9 Å². The molecule has 1 N–H and O–H groups in total. The molecule has 9 nitrogen and oxygen atoms in total. The van der Waals surface area contributed by atoms with E-state index < -0.39 is 24.3 Å². The highest BCUT2D eigenvalue weighted by Crippen LogP contribution is 2.14. The maximum absolute atomic E-state index is 12.9. The molecule has 0 fully saturated rings. The number of rotatable bonds is 55. The normalized spacial score (nSPS) is 13.8. The summed E-state index contributed by atoms with van der Waals surface area (Å²) in [5.41, 5.74) is 0. The molecule has 0 aromatic rings. The third kappa shape index (κ3) is 60.7. The largest absolute Gasteiger partial charge is 0.477 e. The van der Waals surface area contributed by atoms with Gasteiger partial charge in [-0.2, -0.15) is 0 Å². The predicted molar refractivity (Wildman–Crippen MR) is 336 cm³/mol. The van der Waals surface area contributed by atoms with Crippen LogP contribution in [0.5, 0.6) is 0 Å². The fourth-order valence-electron chi connectivity index (χ4n) is 7.83. The molecule has 0 saturated carbocycles. The minimum Gasteiger partial charge on any atom is -0.477 e. The molecule has 0 amide bonds. The van der Waals surface area contributed by atoms with Gasteiger partial charge in [-0.15, -0.1) is 0 Å². The van der Waals surface area contributed by atoms with Crippen molar-refractivity contribution in [2.45, 2.75) is 232 Å². The van der Waals surface area contributed by atoms with E-state index in [9.17, 15) is 19.5 Å². The van der Waals surface area contributed by atoms with Gasteiger partial charge in [-0.05, 0) is 122 Å². The van der Waals surface area contributed by atoms with Crippen LogP contribution in [-0.4, -0.2) is 87.4 Å². The molecular formula is C70H114NO8+. The van der Waals surface area contributed by atoms with Crippen LogP contribution in [0, 0.1) is 0 Å². The van der Waals surface area contributed by atoms with E-state index in [2.05, 4.69) is 160 Å². The van der Waals surface area contributed by atoms with E-state index in [0.29, 0.717) is 17.4 Å². The van der Waals surface area contributed by atoms with Crippen molar-refractivity contribution in [3.05, 3.63) is 146 Å². The quantitative estimate of drug-likeness (QED) is 0.0211. The second kappa shape index (κ2) is 59.3. The summed E-state index contributed by atoms with van der Waals surface area (Å²) in [4.78, 5) is 37.5. The molecule has 0 spiro atoms. The van der Waals surface area contributed by atoms with Crippen LogP contribution in [0.1, 0.15) is 219 Å². The summed E-state index contributed by atoms with van der Waals surface area (Å²) in [6.45, 7) is 4.69. The molecule has 0 bridgehead atoms. The summed E-state index contributed by atoms with van der Waals surface area (Å²) in [5.74, 6) is -2.05. The van der Waals surface area contributed by atoms with Crippen molar-refractivity contribution in [1.29, 1.82) is 0 Å². The highest BCUT2D eigenvalue weighted by atomic mass is 16.7. The van der Waals surface area contributed by atoms with Crippen LogP contribution in [0.4, 0.5) is 0 Å². The number of likely N-dealkylation sites (N-methyl/N-ethyl adjacent to an activating group) is 1. The first-order valence-corrected chi connectivity index (χ1v) is 31.0. The first-order chi connectivity index (χ1) is 38.6. The van der Waals surface area contributed by atoms with Gasteiger partial charge in [-0.25, -0.2) is 4.79 Å². The molecule has 0 aromatic heterocycles. The van der Waals surface area contributed by atoms with Gasteiger partial charge in [0.05, 0.1) is 34.4 Å². The monoisotopic (exact) mass is 1100 g/mol. The topological polar surface area (TPSA) is 108 Å². The van der Waals surface area contributed by atoms with Crippen LogP contribution in [0.25, 0.3) is 0 Å². The summed E-state index contributed by atoms with van der Waals surface area (Å²) in [5, 5.41) is 9.71. The number of quaternary nitrogens is 1. The van der Waals surface area contributed by atoms with Gasteiger partial charge in [0.1, 0.15) is 13.2 Å². The fourth-order valence-corrected chi connectivity index (χ4v) is 7.83. The van der Waals surface area contributed by atoms with Gasteiger partial charge < -0.3 is 28.5 Å². The van der Waals surface area contributed by atoms with Crippen molar-refractivity contribution in [3.63, 3.8) is 0 Å². The van der Waals surface area contributed by atoms with Crippen molar-refractivity contribution in [1.82, 2.24) is 0 Å². The average Bonchev–Trinajstić information content (AvgIpc) is 3.42. The van der Waals surface area contributed by atoms with E-state index in [1.807, 2.05) is 21.1 Å². The lowest BCUT2D eigenvalue weighted by Crippen LogP contribution is -2.40. The zero-order valence-electron chi connectivity index (χ0n) is 50.7. The Morgan fingerprint density at radius 1 is 0.392 bits per heavy atom. The summed E-state index contributed by atoms with van der Waals surface area (Å²) in [7, 11) is 5.95. The van der Waals surface area contributed by atoms with Crippen molar-refractivity contribution in [3.8, 4) is 0 Å². The van der Waals surface area contributed by atoms with E-state index in [1.54, 1.807) is 0 Å². The van der Waals surface area contributed by atoms with Crippen LogP contribution in [0.15, 0.2) is 146 Å². The van der Waals surface area contributed by atoms with E-state index in [4.69, 9.17) is 18.9 Å². The fraction of sp³-hybridized carbons (Fsp3) is 0.614. The average molecular weight is 1100 g/mol. The minimum atomic E-state index is -1.53. The molecule has 0 rings (SSSR count). The number of hydrogen-bond acceptors (Lipinski definition) is 7. The molecule has 0 aliphatic rings. The van der Waals surface area contributed by atoms with Gasteiger partial charge >= 0.3 is 17.9 Å². The number of esters is 2. The molecule has 0 heterocycles. The SMILES string of the molecule is CC/C=C\C/C=C\C/C=C\C/C=C\C/C=C\C/C=C\C/C=C\C/C=C\C/C=C\CCCCCCCCCC(=O)OC(COC(=O)CCCCCCCC/C=C\C/C=C\C/C=C\CCCCC)COC(OCC[N+](C)(C)C)C(=O)O. The van der Waals surface area contributed by atoms with E-state index >= 15 is 0 Å². The predicted octanol–water partition coefficient (Wildman–Crippen LogP) is 18.8. The third-order valence-electron chi connectivity index (χ3n) is 12.6. The Hall–Kier alpha value is -4.83. The Kier molecular flexibility index (Phi) is 55.7. The summed E-state index contributed by atoms with van der Waals surface area (Å²) in [6.07, 6.45) is 83.5. The lowest BCUT2D eigenvalue weighted by atomic mass is 10.1. The maximum atomic E-state index is 12.9. The van der Waals surface area contributed by atoms with Crippen molar-refractivity contribution in [2.75, 3.05) is 47.5 Å². The molecule has 0 aliphatic carbocycles. The Labute approximate surface area is 483 Å². The smallest absolute Gasteiger partial charge is 0.361 e. The minimum absolute atomic E-state index is 0.175. The van der Waals surface area contributed by atoms with Gasteiger partial charge in [0.2, 0.25) is 0 Å². The van der Waals surface area contributed by atoms with Gasteiger partial charge in [-0.1, -0.05) is 230 Å². The molecule has 2 unspecified atom stereocenters. The van der Waals surface area contributed by atoms with Crippen molar-refractivity contribution in [2.24, 2.45) is 0 Å². The molecule has 9 heteroatoms. The Balaban J connectivity index is 4.28. The second-order valence-electron chi connectivity index (χ2n) is 21.3. The molecule has 446 valence electrons. The van der Waals surface area contributed by atoms with Gasteiger partial charge in [0, 0.05) is 12.8 Å². The third-order valence-corrected chi connectivity index (χ3v) is 12.6. The number of aliphatic carboxylic acids is 1.